The van der Waals surface area contributed by atoms with Gasteiger partial charge in [0.05, 0.1) is 11.3 Å². The monoisotopic (exact) mass is 450 g/mol. The first-order valence-electron chi connectivity index (χ1n) is 9.75. The van der Waals surface area contributed by atoms with Crippen molar-refractivity contribution < 1.29 is 9.59 Å². The quantitative estimate of drug-likeness (QED) is 0.473. The van der Waals surface area contributed by atoms with E-state index in [1.165, 1.54) is 4.90 Å². The van der Waals surface area contributed by atoms with Gasteiger partial charge in [0, 0.05) is 15.7 Å². The number of nitrogens with one attached hydrogen (secondary N) is 1. The molecule has 0 saturated heterocycles. The van der Waals surface area contributed by atoms with Gasteiger partial charge < -0.3 is 5.32 Å². The van der Waals surface area contributed by atoms with Crippen LogP contribution >= 0.6 is 23.2 Å². The van der Waals surface area contributed by atoms with Crippen LogP contribution in [0.4, 0.5) is 11.4 Å². The Morgan fingerprint density at radius 2 is 1.35 bits per heavy atom. The third-order valence-electron chi connectivity index (χ3n) is 5.13. The Balaban J connectivity index is 1.85. The summed E-state index contributed by atoms with van der Waals surface area (Å²) in [5.74, 6) is -0.791. The number of rotatable bonds is 4. The molecule has 1 heterocycles. The molecule has 6 heteroatoms. The van der Waals surface area contributed by atoms with Crippen LogP contribution in [0, 0.1) is 20.8 Å². The molecule has 156 valence electrons. The lowest BCUT2D eigenvalue weighted by atomic mass is 10.0. The highest BCUT2D eigenvalue weighted by Crippen LogP contribution is 2.35. The molecule has 0 spiro atoms. The molecule has 0 atom stereocenters. The summed E-state index contributed by atoms with van der Waals surface area (Å²) in [7, 11) is 0. The Hall–Kier alpha value is -3.08. The van der Waals surface area contributed by atoms with Crippen molar-refractivity contribution >= 4 is 52.0 Å². The fraction of sp³-hybridized carbons (Fsp3) is 0.120. The molecular formula is C25H20Cl2N2O2. The summed E-state index contributed by atoms with van der Waals surface area (Å²) >= 11 is 12.1. The molecule has 31 heavy (non-hydrogen) atoms. The molecule has 1 aliphatic rings. The Kier molecular flexibility index (Phi) is 5.61. The van der Waals surface area contributed by atoms with E-state index in [-0.39, 0.29) is 11.6 Å². The Bertz CT molecular complexity index is 1230. The predicted molar refractivity (Wildman–Crippen MR) is 127 cm³/mol. The summed E-state index contributed by atoms with van der Waals surface area (Å²) in [5.41, 5.74) is 5.19. The highest BCUT2D eigenvalue weighted by Gasteiger charge is 2.40. The number of anilines is 2. The van der Waals surface area contributed by atoms with Crippen molar-refractivity contribution in [2.45, 2.75) is 20.8 Å². The van der Waals surface area contributed by atoms with Crippen LogP contribution in [0.25, 0.3) is 5.57 Å². The van der Waals surface area contributed by atoms with E-state index >= 15 is 0 Å². The topological polar surface area (TPSA) is 49.4 Å². The van der Waals surface area contributed by atoms with Crippen LogP contribution in [-0.2, 0) is 9.59 Å². The molecule has 0 radical (unpaired) electrons. The number of imide groups is 1. The van der Waals surface area contributed by atoms with E-state index in [0.29, 0.717) is 32.6 Å². The van der Waals surface area contributed by atoms with E-state index in [4.69, 9.17) is 23.2 Å². The molecule has 1 N–H and O–H groups in total. The molecule has 3 aromatic carbocycles. The Labute approximate surface area is 191 Å². The van der Waals surface area contributed by atoms with Crippen LogP contribution in [0.5, 0.6) is 0 Å². The zero-order valence-corrected chi connectivity index (χ0v) is 18.8. The van der Waals surface area contributed by atoms with Crippen molar-refractivity contribution in [3.8, 4) is 0 Å². The highest BCUT2D eigenvalue weighted by atomic mass is 35.5. The van der Waals surface area contributed by atoms with E-state index in [9.17, 15) is 9.59 Å². The second kappa shape index (κ2) is 8.22. The molecule has 0 fully saturated rings. The summed E-state index contributed by atoms with van der Waals surface area (Å²) in [6, 6.07) is 17.9. The SMILES string of the molecule is Cc1cc(C)cc(N2C(=O)C(Nc3ccc(Cl)cc3C)=C(c3ccc(Cl)cc3)C2=O)c1. The lowest BCUT2D eigenvalue weighted by Gasteiger charge is -2.17. The van der Waals surface area contributed by atoms with E-state index in [0.717, 1.165) is 16.7 Å². The van der Waals surface area contributed by atoms with Crippen molar-refractivity contribution in [1.82, 2.24) is 0 Å². The second-order valence-corrected chi connectivity index (χ2v) is 8.51. The normalized spacial score (nSPS) is 13.9. The van der Waals surface area contributed by atoms with Gasteiger partial charge in [-0.2, -0.15) is 0 Å². The minimum atomic E-state index is -0.408. The molecule has 0 saturated carbocycles. The van der Waals surface area contributed by atoms with Crippen molar-refractivity contribution in [3.05, 3.63) is 98.7 Å². The average molecular weight is 451 g/mol. The van der Waals surface area contributed by atoms with Crippen LogP contribution in [0.15, 0.2) is 66.4 Å². The highest BCUT2D eigenvalue weighted by molar-refractivity contribution is 6.46. The smallest absolute Gasteiger partial charge is 0.282 e. The minimum Gasteiger partial charge on any atom is -0.350 e. The first-order chi connectivity index (χ1) is 14.7. The summed E-state index contributed by atoms with van der Waals surface area (Å²) in [6.45, 7) is 5.76. The molecule has 4 nitrogen and oxygen atoms in total. The van der Waals surface area contributed by atoms with Gasteiger partial charge in [-0.15, -0.1) is 0 Å². The van der Waals surface area contributed by atoms with Gasteiger partial charge in [-0.05, 0) is 85.5 Å². The lowest BCUT2D eigenvalue weighted by Crippen LogP contribution is -2.32. The fourth-order valence-corrected chi connectivity index (χ4v) is 4.10. The molecule has 3 aromatic rings. The third-order valence-corrected chi connectivity index (χ3v) is 5.62. The largest absolute Gasteiger partial charge is 0.350 e. The number of hydrogen-bond acceptors (Lipinski definition) is 3. The zero-order valence-electron chi connectivity index (χ0n) is 17.3. The maximum Gasteiger partial charge on any atom is 0.282 e. The van der Waals surface area contributed by atoms with E-state index < -0.39 is 5.91 Å². The number of benzene rings is 3. The van der Waals surface area contributed by atoms with Gasteiger partial charge in [0.1, 0.15) is 5.70 Å². The summed E-state index contributed by atoms with van der Waals surface area (Å²) in [4.78, 5) is 28.2. The first-order valence-corrected chi connectivity index (χ1v) is 10.5. The van der Waals surface area contributed by atoms with Crippen LogP contribution in [-0.4, -0.2) is 11.8 Å². The number of carbonyl (C=O) groups excluding carboxylic acids is 2. The van der Waals surface area contributed by atoms with Crippen LogP contribution in [0.3, 0.4) is 0 Å². The lowest BCUT2D eigenvalue weighted by molar-refractivity contribution is -0.120. The van der Waals surface area contributed by atoms with E-state index in [1.807, 2.05) is 39.0 Å². The number of carbonyl (C=O) groups is 2. The summed E-state index contributed by atoms with van der Waals surface area (Å²) in [6.07, 6.45) is 0. The van der Waals surface area contributed by atoms with Gasteiger partial charge in [-0.1, -0.05) is 41.4 Å². The number of halogens is 2. The molecule has 1 aliphatic heterocycles. The van der Waals surface area contributed by atoms with E-state index in [1.54, 1.807) is 42.5 Å². The third kappa shape index (κ3) is 4.09. The van der Waals surface area contributed by atoms with Crippen LogP contribution in [0.1, 0.15) is 22.3 Å². The van der Waals surface area contributed by atoms with Crippen molar-refractivity contribution in [1.29, 1.82) is 0 Å². The van der Waals surface area contributed by atoms with Gasteiger partial charge in [0.2, 0.25) is 0 Å². The molecule has 2 amide bonds. The van der Waals surface area contributed by atoms with Gasteiger partial charge in [0.25, 0.3) is 11.8 Å². The Morgan fingerprint density at radius 3 is 1.97 bits per heavy atom. The number of hydrogen-bond donors (Lipinski definition) is 1. The van der Waals surface area contributed by atoms with Gasteiger partial charge in [0.15, 0.2) is 0 Å². The predicted octanol–water partition coefficient (Wildman–Crippen LogP) is 6.32. The molecule has 0 bridgehead atoms. The molecule has 0 aliphatic carbocycles. The number of nitrogens with zero attached hydrogens (tertiary/aromatic N) is 1. The van der Waals surface area contributed by atoms with Crippen LogP contribution in [0.2, 0.25) is 10.0 Å². The fourth-order valence-electron chi connectivity index (χ4n) is 3.75. The van der Waals surface area contributed by atoms with Crippen LogP contribution < -0.4 is 10.2 Å². The molecule has 0 unspecified atom stereocenters. The number of aryl methyl sites for hydroxylation is 3. The number of amides is 2. The van der Waals surface area contributed by atoms with Gasteiger partial charge >= 0.3 is 0 Å². The second-order valence-electron chi connectivity index (χ2n) is 7.63. The molecular weight excluding hydrogens is 431 g/mol. The van der Waals surface area contributed by atoms with Crippen molar-refractivity contribution in [3.63, 3.8) is 0 Å². The molecule has 4 rings (SSSR count). The summed E-state index contributed by atoms with van der Waals surface area (Å²) < 4.78 is 0. The molecule has 0 aromatic heterocycles. The van der Waals surface area contributed by atoms with Crippen molar-refractivity contribution in [2.24, 2.45) is 0 Å². The average Bonchev–Trinajstić information content (AvgIpc) is 2.94. The first kappa shape index (κ1) is 21.2. The maximum atomic E-state index is 13.5. The maximum absolute atomic E-state index is 13.5. The zero-order chi connectivity index (χ0) is 22.3. The minimum absolute atomic E-state index is 0.219. The Morgan fingerprint density at radius 1 is 0.742 bits per heavy atom. The van der Waals surface area contributed by atoms with Gasteiger partial charge in [-0.25, -0.2) is 4.90 Å². The standard InChI is InChI=1S/C25H20Cl2N2O2/c1-14-10-15(2)12-20(11-14)29-24(30)22(17-4-6-18(26)7-5-17)23(25(29)31)28-21-9-8-19(27)13-16(21)3/h4-13,28H,1-3H3. The van der Waals surface area contributed by atoms with Gasteiger partial charge in [-0.3, -0.25) is 9.59 Å². The summed E-state index contributed by atoms with van der Waals surface area (Å²) in [5, 5.41) is 4.33. The van der Waals surface area contributed by atoms with E-state index in [2.05, 4.69) is 5.32 Å². The van der Waals surface area contributed by atoms with Crippen molar-refractivity contribution in [2.75, 3.05) is 10.2 Å².